The van der Waals surface area contributed by atoms with Crippen molar-refractivity contribution in [3.8, 4) is 0 Å². The van der Waals surface area contributed by atoms with E-state index in [2.05, 4.69) is 0 Å². The van der Waals surface area contributed by atoms with Gasteiger partial charge in [0.25, 0.3) is 0 Å². The van der Waals surface area contributed by atoms with Crippen molar-refractivity contribution < 1.29 is 53.8 Å². The van der Waals surface area contributed by atoms with Gasteiger partial charge in [0, 0.05) is 44.2 Å². The molecule has 0 aromatic carbocycles. The molecule has 3 aliphatic heterocycles. The Morgan fingerprint density at radius 1 is 0.885 bits per heavy atom. The first-order valence-electron chi connectivity index (χ1n) is 23.1. The zero-order valence-corrected chi connectivity index (χ0v) is 38.2. The maximum atomic E-state index is 14.2. The number of methoxy groups -OCH3 is 1. The number of aliphatic hydroxyl groups excluding tert-OH is 3. The highest BCUT2D eigenvalue weighted by Crippen LogP contribution is 2.38. The fourth-order valence-corrected chi connectivity index (χ4v) is 9.66. The second kappa shape index (κ2) is 23.6. The molecule has 61 heavy (non-hydrogen) atoms. The van der Waals surface area contributed by atoms with Gasteiger partial charge in [-0.3, -0.25) is 14.4 Å². The second-order valence-corrected chi connectivity index (χ2v) is 19.1. The highest BCUT2D eigenvalue weighted by atomic mass is 16.6. The largest absolute Gasteiger partial charge is 0.460 e. The van der Waals surface area contributed by atoms with E-state index < -0.39 is 66.1 Å². The maximum Gasteiger partial charge on any atom is 0.329 e. The summed E-state index contributed by atoms with van der Waals surface area (Å²) in [4.78, 5) is 57.5. The monoisotopic (exact) mass is 856 g/mol. The van der Waals surface area contributed by atoms with Gasteiger partial charge in [-0.25, -0.2) is 4.79 Å². The van der Waals surface area contributed by atoms with Crippen LogP contribution in [-0.2, 0) is 33.4 Å². The van der Waals surface area contributed by atoms with Gasteiger partial charge in [0.2, 0.25) is 5.91 Å². The van der Waals surface area contributed by atoms with Gasteiger partial charge in [-0.05, 0) is 113 Å². The molecule has 0 unspecified atom stereocenters. The molecule has 3 heterocycles. The molecule has 1 amide bonds. The van der Waals surface area contributed by atoms with Gasteiger partial charge in [0.1, 0.15) is 30.1 Å². The van der Waals surface area contributed by atoms with Gasteiger partial charge in [0.05, 0.1) is 24.7 Å². The molecule has 2 bridgehead atoms. The molecule has 4 aliphatic rings. The van der Waals surface area contributed by atoms with Crippen LogP contribution in [-0.4, -0.2) is 111 Å². The molecule has 12 nitrogen and oxygen atoms in total. The number of ether oxygens (including phenoxy) is 3. The minimum atomic E-state index is -1.79. The van der Waals surface area contributed by atoms with Crippen LogP contribution >= 0.6 is 0 Å². The quantitative estimate of drug-likeness (QED) is 0.174. The number of nitrogens with zero attached hydrogens (tertiary/aromatic N) is 1. The smallest absolute Gasteiger partial charge is 0.329 e. The summed E-state index contributed by atoms with van der Waals surface area (Å²) in [5.74, 6) is -4.57. The van der Waals surface area contributed by atoms with E-state index in [0.717, 1.165) is 12.8 Å². The number of ketones is 2. The molecule has 12 atom stereocenters. The Labute approximate surface area is 364 Å². The molecule has 0 radical (unpaired) electrons. The van der Waals surface area contributed by atoms with E-state index in [0.29, 0.717) is 81.4 Å². The third-order valence-corrected chi connectivity index (χ3v) is 13.9. The number of aliphatic hydroxyl groups is 4. The summed E-state index contributed by atoms with van der Waals surface area (Å²) < 4.78 is 18.1. The van der Waals surface area contributed by atoms with Gasteiger partial charge in [-0.15, -0.1) is 0 Å². The molecule has 4 N–H and O–H groups in total. The fraction of sp³-hybridized carbons (Fsp3) is 0.755. The van der Waals surface area contributed by atoms with Gasteiger partial charge in [0.15, 0.2) is 11.6 Å². The van der Waals surface area contributed by atoms with Crippen molar-refractivity contribution in [2.24, 2.45) is 35.5 Å². The predicted octanol–water partition coefficient (Wildman–Crippen LogP) is 6.72. The Morgan fingerprint density at radius 3 is 2.28 bits per heavy atom. The first-order valence-corrected chi connectivity index (χ1v) is 23.1. The SMILES string of the molecule is CO[C@H]1C(=O)[C@H](C)C[C@H](C)\C=C/C=C/C=C(\C)[C@@H](O)C[C@@H]2CC[C@@H](C)[C@](O)(CC(=O)N3CCCC[C@H]3C(=O)O[C@H]([C@H](C)CC3CCC(O)CC3)CC(=O)[C@H](C)/C=C(\C)[C@H]1O)O2. The Morgan fingerprint density at radius 2 is 1.59 bits per heavy atom. The van der Waals surface area contributed by atoms with Crippen molar-refractivity contribution in [3.05, 3.63) is 47.6 Å². The molecule has 12 heteroatoms. The summed E-state index contributed by atoms with van der Waals surface area (Å²) >= 11 is 0. The molecule has 2 saturated heterocycles. The number of allylic oxidation sites excluding steroid dienone is 6. The Kier molecular flexibility index (Phi) is 19.6. The third-order valence-electron chi connectivity index (χ3n) is 13.9. The van der Waals surface area contributed by atoms with Crippen molar-refractivity contribution in [3.63, 3.8) is 0 Å². The Bertz CT molecular complexity index is 1600. The normalized spacial score (nSPS) is 41.0. The zero-order valence-electron chi connectivity index (χ0n) is 38.2. The molecule has 1 saturated carbocycles. The molecule has 0 aromatic heterocycles. The van der Waals surface area contributed by atoms with E-state index in [1.54, 1.807) is 19.9 Å². The van der Waals surface area contributed by atoms with Crippen molar-refractivity contribution in [2.45, 2.75) is 187 Å². The van der Waals surface area contributed by atoms with E-state index in [1.807, 2.05) is 65.0 Å². The summed E-state index contributed by atoms with van der Waals surface area (Å²) in [7, 11) is 1.39. The van der Waals surface area contributed by atoms with E-state index >= 15 is 0 Å². The average Bonchev–Trinajstić information content (AvgIpc) is 3.22. The number of Topliss-reactive ketones (excluding diaryl/α,β-unsaturated/α-hetero) is 2. The van der Waals surface area contributed by atoms with Crippen molar-refractivity contribution in [1.82, 2.24) is 4.90 Å². The lowest BCUT2D eigenvalue weighted by molar-refractivity contribution is -0.283. The Balaban J connectivity index is 1.65. The minimum Gasteiger partial charge on any atom is -0.460 e. The number of fused-ring (bicyclic) bond motifs is 3. The summed E-state index contributed by atoms with van der Waals surface area (Å²) in [5.41, 5.74) is 1.14. The number of hydrogen-bond donors (Lipinski definition) is 4. The molecule has 3 fully saturated rings. The number of hydrogen-bond acceptors (Lipinski definition) is 11. The van der Waals surface area contributed by atoms with Crippen LogP contribution in [0.25, 0.3) is 0 Å². The molecular formula is C49H77NO11. The van der Waals surface area contributed by atoms with Crippen LogP contribution in [0.4, 0.5) is 0 Å². The van der Waals surface area contributed by atoms with Crippen molar-refractivity contribution >= 4 is 23.4 Å². The van der Waals surface area contributed by atoms with Crippen LogP contribution in [0.3, 0.4) is 0 Å². The zero-order chi connectivity index (χ0) is 45.0. The highest BCUT2D eigenvalue weighted by Gasteiger charge is 2.46. The summed E-state index contributed by atoms with van der Waals surface area (Å²) in [6, 6.07) is -0.897. The van der Waals surface area contributed by atoms with E-state index in [-0.39, 0.29) is 54.7 Å². The second-order valence-electron chi connectivity index (χ2n) is 19.1. The number of piperidine rings is 1. The predicted molar refractivity (Wildman–Crippen MR) is 234 cm³/mol. The number of rotatable bonds is 4. The van der Waals surface area contributed by atoms with Crippen LogP contribution < -0.4 is 0 Å². The van der Waals surface area contributed by atoms with Gasteiger partial charge >= 0.3 is 5.97 Å². The van der Waals surface area contributed by atoms with E-state index in [1.165, 1.54) is 12.0 Å². The van der Waals surface area contributed by atoms with Gasteiger partial charge < -0.3 is 39.5 Å². The molecule has 344 valence electrons. The maximum absolute atomic E-state index is 14.2. The van der Waals surface area contributed by atoms with Crippen LogP contribution in [0.5, 0.6) is 0 Å². The molecule has 1 aliphatic carbocycles. The van der Waals surface area contributed by atoms with Gasteiger partial charge in [-0.1, -0.05) is 71.1 Å². The lowest BCUT2D eigenvalue weighted by Gasteiger charge is -2.44. The summed E-state index contributed by atoms with van der Waals surface area (Å²) in [6.45, 7) is 13.2. The minimum absolute atomic E-state index is 0.0330. The third kappa shape index (κ3) is 14.5. The first-order chi connectivity index (χ1) is 28.8. The molecule has 4 rings (SSSR count). The van der Waals surface area contributed by atoms with E-state index in [9.17, 15) is 39.6 Å². The lowest BCUT2D eigenvalue weighted by Crippen LogP contribution is -2.54. The Hall–Kier alpha value is -3.00. The van der Waals surface area contributed by atoms with Crippen LogP contribution in [0.2, 0.25) is 0 Å². The number of carbonyl (C=O) groups is 4. The summed E-state index contributed by atoms with van der Waals surface area (Å²) in [5, 5.41) is 44.5. The van der Waals surface area contributed by atoms with Crippen LogP contribution in [0, 0.1) is 35.5 Å². The molecule has 0 aromatic rings. The lowest BCUT2D eigenvalue weighted by atomic mass is 9.79. The number of amides is 1. The van der Waals surface area contributed by atoms with Crippen molar-refractivity contribution in [1.29, 1.82) is 0 Å². The standard InChI is InChI=1S/C49H77NO11/c1-30-14-10-9-11-15-31(2)41(52)27-39-22-17-36(7)49(58,61-39)29-44(54)50-23-13-12-16-40(50)48(57)60-43(33(4)26-37-18-20-38(51)21-19-37)28-42(53)32(3)25-35(6)46(56)47(59-8)45(55)34(5)24-30/h9-11,14-15,25,30,32-34,36-41,43,46-47,51-52,56,58H,12-13,16-24,26-29H2,1-8H3/b11-9+,14-10-,31-15+,35-25+/t30-,32-,33-,34-,36-,37?,38?,39+,40+,41+,43+,46-,47+,49+/m1/s1. The topological polar surface area (TPSA) is 180 Å². The van der Waals surface area contributed by atoms with Crippen LogP contribution in [0.1, 0.15) is 138 Å². The van der Waals surface area contributed by atoms with Gasteiger partial charge in [-0.2, -0.15) is 0 Å². The first kappa shape index (κ1) is 50.6. The number of cyclic esters (lactones) is 1. The number of carbonyl (C=O) groups excluding carboxylic acids is 4. The average molecular weight is 856 g/mol. The molecule has 0 spiro atoms. The van der Waals surface area contributed by atoms with Crippen LogP contribution in [0.15, 0.2) is 47.6 Å². The van der Waals surface area contributed by atoms with Crippen molar-refractivity contribution in [2.75, 3.05) is 13.7 Å². The highest BCUT2D eigenvalue weighted by molar-refractivity contribution is 5.87. The molecular weight excluding hydrogens is 779 g/mol. The summed E-state index contributed by atoms with van der Waals surface area (Å²) in [6.07, 6.45) is 13.3. The fourth-order valence-electron chi connectivity index (χ4n) is 9.66. The van der Waals surface area contributed by atoms with E-state index in [4.69, 9.17) is 14.2 Å². The number of esters is 1.